The van der Waals surface area contributed by atoms with Crippen molar-refractivity contribution in [3.05, 3.63) is 78.7 Å². The molecule has 2 aromatic carbocycles. The highest BCUT2D eigenvalue weighted by Gasteiger charge is 2.27. The summed E-state index contributed by atoms with van der Waals surface area (Å²) in [7, 11) is 0. The van der Waals surface area contributed by atoms with Crippen molar-refractivity contribution in [2.24, 2.45) is 0 Å². The zero-order valence-electron chi connectivity index (χ0n) is 17.1. The summed E-state index contributed by atoms with van der Waals surface area (Å²) in [4.78, 5) is 23.0. The number of rotatable bonds is 4. The molecule has 7 heteroatoms. The highest BCUT2D eigenvalue weighted by molar-refractivity contribution is 9.10. The zero-order valence-corrected chi connectivity index (χ0v) is 20.3. The van der Waals surface area contributed by atoms with E-state index in [0.717, 1.165) is 25.6 Å². The number of esters is 2. The molecule has 162 valence electrons. The third-order valence-corrected chi connectivity index (χ3v) is 5.81. The van der Waals surface area contributed by atoms with E-state index < -0.39 is 11.8 Å². The lowest BCUT2D eigenvalue weighted by molar-refractivity contribution is -0.139. The normalized spacial score (nSPS) is 13.6. The Morgan fingerprint density at radius 1 is 0.903 bits per heavy atom. The van der Waals surface area contributed by atoms with Crippen molar-refractivity contribution in [2.45, 2.75) is 26.7 Å². The van der Waals surface area contributed by atoms with Crippen LogP contribution >= 0.6 is 31.9 Å². The van der Waals surface area contributed by atoms with Crippen molar-refractivity contribution in [2.75, 3.05) is 13.2 Å². The molecular formula is C24H21Br2FO4. The summed E-state index contributed by atoms with van der Waals surface area (Å²) in [5, 5.41) is 0. The minimum absolute atomic E-state index is 0.120. The van der Waals surface area contributed by atoms with Gasteiger partial charge in [-0.3, -0.25) is 0 Å². The summed E-state index contributed by atoms with van der Waals surface area (Å²) < 4.78 is 25.5. The number of hydrogen-bond acceptors (Lipinski definition) is 4. The second kappa shape index (κ2) is 10.4. The molecule has 0 bridgehead atoms. The van der Waals surface area contributed by atoms with E-state index in [1.165, 1.54) is 5.56 Å². The van der Waals surface area contributed by atoms with E-state index in [1.54, 1.807) is 13.0 Å². The summed E-state index contributed by atoms with van der Waals surface area (Å²) >= 11 is 6.68. The van der Waals surface area contributed by atoms with Crippen molar-refractivity contribution >= 4 is 55.7 Å². The number of benzene rings is 2. The molecule has 0 spiro atoms. The Hall–Kier alpha value is -2.25. The predicted octanol–water partition coefficient (Wildman–Crippen LogP) is 6.20. The predicted molar refractivity (Wildman–Crippen MR) is 125 cm³/mol. The zero-order chi connectivity index (χ0) is 22.5. The quantitative estimate of drug-likeness (QED) is 0.424. The highest BCUT2D eigenvalue weighted by atomic mass is 79.9. The summed E-state index contributed by atoms with van der Waals surface area (Å²) in [5.74, 6) is -1.23. The van der Waals surface area contributed by atoms with E-state index in [-0.39, 0.29) is 18.1 Å². The van der Waals surface area contributed by atoms with Gasteiger partial charge in [0.05, 0.1) is 18.8 Å². The lowest BCUT2D eigenvalue weighted by Crippen LogP contribution is -2.08. The molecule has 0 atom stereocenters. The average Bonchev–Trinajstić information content (AvgIpc) is 3.30. The van der Waals surface area contributed by atoms with E-state index >= 15 is 0 Å². The van der Waals surface area contributed by atoms with Gasteiger partial charge in [-0.1, -0.05) is 44.0 Å². The van der Waals surface area contributed by atoms with Crippen LogP contribution in [0, 0.1) is 0 Å². The van der Waals surface area contributed by atoms with Gasteiger partial charge in [0.2, 0.25) is 0 Å². The molecule has 31 heavy (non-hydrogen) atoms. The largest absolute Gasteiger partial charge is 0.463 e. The number of carbonyl (C=O) groups excluding carboxylic acids is 2. The smallest absolute Gasteiger partial charge is 0.337 e. The maximum atomic E-state index is 13.9. The van der Waals surface area contributed by atoms with Crippen LogP contribution in [0.3, 0.4) is 0 Å². The van der Waals surface area contributed by atoms with E-state index in [2.05, 4.69) is 31.9 Å². The van der Waals surface area contributed by atoms with Crippen molar-refractivity contribution < 1.29 is 23.5 Å². The van der Waals surface area contributed by atoms with E-state index in [9.17, 15) is 14.0 Å². The van der Waals surface area contributed by atoms with Crippen LogP contribution in [0.15, 0.2) is 56.5 Å². The molecule has 0 aliphatic heterocycles. The second-order valence-electron chi connectivity index (χ2n) is 6.90. The third kappa shape index (κ3) is 5.52. The van der Waals surface area contributed by atoms with Crippen molar-refractivity contribution in [1.29, 1.82) is 0 Å². The fourth-order valence-corrected chi connectivity index (χ4v) is 4.12. The van der Waals surface area contributed by atoms with E-state index in [1.807, 2.05) is 43.3 Å². The van der Waals surface area contributed by atoms with Gasteiger partial charge in [-0.15, -0.1) is 0 Å². The third-order valence-electron chi connectivity index (χ3n) is 4.82. The van der Waals surface area contributed by atoms with Gasteiger partial charge in [0.1, 0.15) is 5.83 Å². The SMILES string of the molecule is CCOC(=O)C1=C(F)c2cc(Br)ccc2C1.CCOC(=O)C1=Cc2cc(Br)ccc2C1. The lowest BCUT2D eigenvalue weighted by atomic mass is 10.1. The summed E-state index contributed by atoms with van der Waals surface area (Å²) in [6.45, 7) is 4.21. The number of hydrogen-bond donors (Lipinski definition) is 0. The molecule has 4 rings (SSSR count). The molecule has 0 aromatic heterocycles. The van der Waals surface area contributed by atoms with Crippen molar-refractivity contribution in [3.8, 4) is 0 Å². The Morgan fingerprint density at radius 2 is 1.52 bits per heavy atom. The van der Waals surface area contributed by atoms with E-state index in [4.69, 9.17) is 9.47 Å². The Balaban J connectivity index is 0.000000176. The summed E-state index contributed by atoms with van der Waals surface area (Å²) in [6, 6.07) is 11.4. The van der Waals surface area contributed by atoms with Gasteiger partial charge in [0.15, 0.2) is 0 Å². The molecule has 0 N–H and O–H groups in total. The molecule has 0 fully saturated rings. The summed E-state index contributed by atoms with van der Waals surface area (Å²) in [6.07, 6.45) is 2.90. The molecule has 2 aliphatic carbocycles. The van der Waals surface area contributed by atoms with Crippen LogP contribution in [0.2, 0.25) is 0 Å². The van der Waals surface area contributed by atoms with Crippen LogP contribution < -0.4 is 0 Å². The minimum Gasteiger partial charge on any atom is -0.463 e. The van der Waals surface area contributed by atoms with Crippen molar-refractivity contribution in [3.63, 3.8) is 0 Å². The molecule has 0 saturated heterocycles. The van der Waals surface area contributed by atoms with Crippen LogP contribution in [0.5, 0.6) is 0 Å². The molecule has 0 saturated carbocycles. The number of halogens is 3. The standard InChI is InChI=1S/C12H10BrFO2.C12H11BrO2/c1-2-16-12(15)10-5-7-3-4-8(13)6-9(7)11(10)14;1-2-15-12(14)10-5-8-3-4-11(13)7-9(8)6-10/h3-4,6H,2,5H2,1H3;3-4,6-7H,2,5H2,1H3. The average molecular weight is 552 g/mol. The number of fused-ring (bicyclic) bond motifs is 2. The molecule has 2 aromatic rings. The van der Waals surface area contributed by atoms with Crippen LogP contribution in [0.25, 0.3) is 11.9 Å². The number of carbonyl (C=O) groups is 2. The van der Waals surface area contributed by atoms with Gasteiger partial charge in [-0.05, 0) is 60.9 Å². The Kier molecular flexibility index (Phi) is 7.84. The molecular weight excluding hydrogens is 531 g/mol. The first-order valence-electron chi connectivity index (χ1n) is 9.84. The van der Waals surface area contributed by atoms with Gasteiger partial charge < -0.3 is 9.47 Å². The van der Waals surface area contributed by atoms with Gasteiger partial charge in [0.25, 0.3) is 0 Å². The molecule has 2 aliphatic rings. The van der Waals surface area contributed by atoms with Crippen LogP contribution in [-0.4, -0.2) is 25.2 Å². The number of ether oxygens (including phenoxy) is 2. The lowest BCUT2D eigenvalue weighted by Gasteiger charge is -2.01. The Morgan fingerprint density at radius 3 is 2.19 bits per heavy atom. The Bertz CT molecular complexity index is 1090. The second-order valence-corrected chi connectivity index (χ2v) is 8.73. The first kappa shape index (κ1) is 23.4. The van der Waals surface area contributed by atoms with Gasteiger partial charge in [0, 0.05) is 32.9 Å². The van der Waals surface area contributed by atoms with Gasteiger partial charge in [-0.25, -0.2) is 14.0 Å². The summed E-state index contributed by atoms with van der Waals surface area (Å²) in [5.41, 5.74) is 4.45. The van der Waals surface area contributed by atoms with Crippen LogP contribution in [0.1, 0.15) is 36.1 Å². The Labute approximate surface area is 197 Å². The molecule has 0 radical (unpaired) electrons. The molecule has 0 unspecified atom stereocenters. The molecule has 4 nitrogen and oxygen atoms in total. The van der Waals surface area contributed by atoms with E-state index in [0.29, 0.717) is 25.0 Å². The fraction of sp³-hybridized carbons (Fsp3) is 0.250. The minimum atomic E-state index is -0.563. The first-order chi connectivity index (χ1) is 14.8. The monoisotopic (exact) mass is 550 g/mol. The highest BCUT2D eigenvalue weighted by Crippen LogP contribution is 2.36. The first-order valence-corrected chi connectivity index (χ1v) is 11.4. The molecule has 0 heterocycles. The van der Waals surface area contributed by atoms with Crippen LogP contribution in [-0.2, 0) is 31.9 Å². The fourth-order valence-electron chi connectivity index (χ4n) is 3.38. The maximum Gasteiger partial charge on any atom is 0.337 e. The van der Waals surface area contributed by atoms with Crippen molar-refractivity contribution in [1.82, 2.24) is 0 Å². The maximum absolute atomic E-state index is 13.9. The van der Waals surface area contributed by atoms with Crippen LogP contribution in [0.4, 0.5) is 4.39 Å². The van der Waals surface area contributed by atoms with Gasteiger partial charge in [-0.2, -0.15) is 0 Å². The topological polar surface area (TPSA) is 52.6 Å². The van der Waals surface area contributed by atoms with Gasteiger partial charge >= 0.3 is 11.9 Å². The molecule has 0 amide bonds.